The van der Waals surface area contributed by atoms with Crippen LogP contribution in [0.25, 0.3) is 0 Å². The minimum atomic E-state index is -0.280. The van der Waals surface area contributed by atoms with Crippen LogP contribution in [0.2, 0.25) is 0 Å². The molecule has 0 atom stereocenters. The molecule has 100 valence electrons. The van der Waals surface area contributed by atoms with Crippen molar-refractivity contribution in [2.45, 2.75) is 19.8 Å². The van der Waals surface area contributed by atoms with Crippen LogP contribution >= 0.6 is 0 Å². The maximum Gasteiger partial charge on any atom is 0.218 e. The zero-order valence-corrected chi connectivity index (χ0v) is 10.8. The van der Waals surface area contributed by atoms with Gasteiger partial charge in [0.25, 0.3) is 0 Å². The molecule has 0 aromatic heterocycles. The van der Waals surface area contributed by atoms with E-state index in [0.717, 1.165) is 19.6 Å². The van der Waals surface area contributed by atoms with E-state index in [1.54, 1.807) is 0 Å². The van der Waals surface area contributed by atoms with E-state index in [9.17, 15) is 9.59 Å². The standard InChI is InChI=1S/C11H24N4O2/c1-3-15(7-5-11(13)17)9-8-14(2)6-4-10(12)16/h3-9H2,1-2H3,(H2,12,16)(H2,13,17). The smallest absolute Gasteiger partial charge is 0.218 e. The molecule has 0 heterocycles. The molecule has 0 aromatic carbocycles. The van der Waals surface area contributed by atoms with Crippen LogP contribution < -0.4 is 11.5 Å². The number of hydrogen-bond acceptors (Lipinski definition) is 4. The van der Waals surface area contributed by atoms with E-state index in [2.05, 4.69) is 9.80 Å². The third kappa shape index (κ3) is 9.77. The minimum Gasteiger partial charge on any atom is -0.370 e. The molecule has 0 fully saturated rings. The van der Waals surface area contributed by atoms with Crippen LogP contribution in [0.1, 0.15) is 19.8 Å². The van der Waals surface area contributed by atoms with Crippen LogP contribution in [0.5, 0.6) is 0 Å². The Labute approximate surface area is 103 Å². The van der Waals surface area contributed by atoms with Crippen LogP contribution in [0.15, 0.2) is 0 Å². The highest BCUT2D eigenvalue weighted by molar-refractivity contribution is 5.74. The van der Waals surface area contributed by atoms with E-state index in [1.807, 2.05) is 14.0 Å². The second kappa shape index (κ2) is 8.95. The average Bonchev–Trinajstić information content (AvgIpc) is 2.26. The molecule has 0 spiro atoms. The van der Waals surface area contributed by atoms with Crippen molar-refractivity contribution < 1.29 is 9.59 Å². The van der Waals surface area contributed by atoms with Crippen molar-refractivity contribution in [2.24, 2.45) is 11.5 Å². The van der Waals surface area contributed by atoms with Gasteiger partial charge in [0.05, 0.1) is 0 Å². The molecule has 2 amide bonds. The number of hydrogen-bond donors (Lipinski definition) is 2. The van der Waals surface area contributed by atoms with Crippen molar-refractivity contribution in [2.75, 3.05) is 39.8 Å². The van der Waals surface area contributed by atoms with Gasteiger partial charge in [-0.25, -0.2) is 0 Å². The predicted octanol–water partition coefficient (Wildman–Crippen LogP) is -1.01. The fourth-order valence-corrected chi connectivity index (χ4v) is 1.42. The molecule has 0 radical (unpaired) electrons. The summed E-state index contributed by atoms with van der Waals surface area (Å²) in [7, 11) is 1.95. The Hall–Kier alpha value is -1.14. The number of nitrogens with two attached hydrogens (primary N) is 2. The second-order valence-corrected chi connectivity index (χ2v) is 4.17. The van der Waals surface area contributed by atoms with Gasteiger partial charge >= 0.3 is 0 Å². The summed E-state index contributed by atoms with van der Waals surface area (Å²) in [5, 5.41) is 0. The lowest BCUT2D eigenvalue weighted by atomic mass is 10.3. The number of amides is 2. The van der Waals surface area contributed by atoms with Crippen LogP contribution in [0.3, 0.4) is 0 Å². The average molecular weight is 244 g/mol. The normalized spacial score (nSPS) is 11.1. The molecular formula is C11H24N4O2. The number of rotatable bonds is 10. The van der Waals surface area contributed by atoms with Crippen LogP contribution in [-0.2, 0) is 9.59 Å². The molecule has 4 N–H and O–H groups in total. The lowest BCUT2D eigenvalue weighted by molar-refractivity contribution is -0.119. The molecule has 0 bridgehead atoms. The summed E-state index contributed by atoms with van der Waals surface area (Å²) in [6, 6.07) is 0. The number of carbonyl (C=O) groups is 2. The Morgan fingerprint density at radius 1 is 0.941 bits per heavy atom. The zero-order valence-electron chi connectivity index (χ0n) is 10.8. The van der Waals surface area contributed by atoms with Crippen molar-refractivity contribution in [3.05, 3.63) is 0 Å². The van der Waals surface area contributed by atoms with Gasteiger partial charge in [-0.15, -0.1) is 0 Å². The number of nitrogens with zero attached hydrogens (tertiary/aromatic N) is 2. The molecule has 0 aliphatic rings. The SMILES string of the molecule is CCN(CCC(N)=O)CCN(C)CCC(N)=O. The number of primary amides is 2. The predicted molar refractivity (Wildman–Crippen MR) is 67.2 cm³/mol. The first-order chi connectivity index (χ1) is 7.95. The van der Waals surface area contributed by atoms with Crippen molar-refractivity contribution in [3.63, 3.8) is 0 Å². The van der Waals surface area contributed by atoms with Crippen molar-refractivity contribution in [1.29, 1.82) is 0 Å². The molecule has 0 saturated heterocycles. The zero-order chi connectivity index (χ0) is 13.3. The minimum absolute atomic E-state index is 0.273. The highest BCUT2D eigenvalue weighted by Crippen LogP contribution is 1.93. The Balaban J connectivity index is 3.73. The lowest BCUT2D eigenvalue weighted by Gasteiger charge is -2.23. The summed E-state index contributed by atoms with van der Waals surface area (Å²) in [6.45, 7) is 6.00. The number of carbonyl (C=O) groups excluding carboxylic acids is 2. The third-order valence-corrected chi connectivity index (χ3v) is 2.66. The van der Waals surface area contributed by atoms with Gasteiger partial charge < -0.3 is 21.3 Å². The van der Waals surface area contributed by atoms with Gasteiger partial charge in [0.2, 0.25) is 11.8 Å². The third-order valence-electron chi connectivity index (χ3n) is 2.66. The highest BCUT2D eigenvalue weighted by atomic mass is 16.1. The Morgan fingerprint density at radius 2 is 1.47 bits per heavy atom. The molecule has 0 saturated carbocycles. The van der Waals surface area contributed by atoms with E-state index in [1.165, 1.54) is 0 Å². The van der Waals surface area contributed by atoms with E-state index in [4.69, 9.17) is 11.5 Å². The maximum atomic E-state index is 10.7. The Morgan fingerprint density at radius 3 is 1.94 bits per heavy atom. The largest absolute Gasteiger partial charge is 0.370 e. The van der Waals surface area contributed by atoms with E-state index in [0.29, 0.717) is 25.9 Å². The summed E-state index contributed by atoms with van der Waals surface area (Å²) in [5.41, 5.74) is 10.2. The van der Waals surface area contributed by atoms with Crippen LogP contribution in [-0.4, -0.2) is 61.4 Å². The maximum absolute atomic E-state index is 10.7. The van der Waals surface area contributed by atoms with Crippen molar-refractivity contribution >= 4 is 11.8 Å². The molecular weight excluding hydrogens is 220 g/mol. The van der Waals surface area contributed by atoms with Gasteiger partial charge in [0, 0.05) is 39.0 Å². The van der Waals surface area contributed by atoms with Gasteiger partial charge in [-0.2, -0.15) is 0 Å². The summed E-state index contributed by atoms with van der Waals surface area (Å²) in [6.07, 6.45) is 0.767. The van der Waals surface area contributed by atoms with Gasteiger partial charge in [0.1, 0.15) is 0 Å². The molecule has 6 nitrogen and oxygen atoms in total. The summed E-state index contributed by atoms with van der Waals surface area (Å²) in [4.78, 5) is 25.5. The highest BCUT2D eigenvalue weighted by Gasteiger charge is 2.06. The Kier molecular flexibility index (Phi) is 8.35. The monoisotopic (exact) mass is 244 g/mol. The molecule has 0 rings (SSSR count). The van der Waals surface area contributed by atoms with E-state index >= 15 is 0 Å². The topological polar surface area (TPSA) is 92.7 Å². The second-order valence-electron chi connectivity index (χ2n) is 4.17. The van der Waals surface area contributed by atoms with Gasteiger partial charge in [-0.05, 0) is 13.6 Å². The molecule has 0 aromatic rings. The lowest BCUT2D eigenvalue weighted by Crippen LogP contribution is -2.36. The molecule has 0 unspecified atom stereocenters. The van der Waals surface area contributed by atoms with Crippen LogP contribution in [0.4, 0.5) is 0 Å². The first-order valence-electron chi connectivity index (χ1n) is 5.93. The first kappa shape index (κ1) is 15.9. The fourth-order valence-electron chi connectivity index (χ4n) is 1.42. The van der Waals surface area contributed by atoms with Gasteiger partial charge in [-0.3, -0.25) is 9.59 Å². The number of likely N-dealkylation sites (N-methyl/N-ethyl adjacent to an activating group) is 2. The van der Waals surface area contributed by atoms with E-state index < -0.39 is 0 Å². The molecule has 6 heteroatoms. The summed E-state index contributed by atoms with van der Waals surface area (Å²) in [5.74, 6) is -0.552. The summed E-state index contributed by atoms with van der Waals surface area (Å²) < 4.78 is 0. The quantitative estimate of drug-likeness (QED) is 0.515. The first-order valence-corrected chi connectivity index (χ1v) is 5.93. The van der Waals surface area contributed by atoms with Gasteiger partial charge in [0.15, 0.2) is 0 Å². The molecule has 0 aliphatic carbocycles. The van der Waals surface area contributed by atoms with Crippen LogP contribution in [0, 0.1) is 0 Å². The van der Waals surface area contributed by atoms with Crippen molar-refractivity contribution in [1.82, 2.24) is 9.80 Å². The van der Waals surface area contributed by atoms with Gasteiger partial charge in [-0.1, -0.05) is 6.92 Å². The fraction of sp³-hybridized carbons (Fsp3) is 0.818. The van der Waals surface area contributed by atoms with Crippen molar-refractivity contribution in [3.8, 4) is 0 Å². The van der Waals surface area contributed by atoms with E-state index in [-0.39, 0.29) is 11.8 Å². The molecule has 17 heavy (non-hydrogen) atoms. The molecule has 0 aliphatic heterocycles. The summed E-state index contributed by atoms with van der Waals surface area (Å²) >= 11 is 0. The Bertz CT molecular complexity index is 246.